The second-order valence-corrected chi connectivity index (χ2v) is 12.4. The van der Waals surface area contributed by atoms with Crippen LogP contribution in [0.25, 0.3) is 5.57 Å². The Morgan fingerprint density at radius 3 is 2.39 bits per heavy atom. The number of carbonyl (C=O) groups excluding carboxylic acids is 2. The molecule has 38 heavy (non-hydrogen) atoms. The van der Waals surface area contributed by atoms with Crippen molar-refractivity contribution in [1.29, 1.82) is 0 Å². The van der Waals surface area contributed by atoms with Crippen molar-refractivity contribution >= 4 is 29.0 Å². The number of aromatic nitrogens is 1. The summed E-state index contributed by atoms with van der Waals surface area (Å²) in [6.07, 6.45) is 8.03. The summed E-state index contributed by atoms with van der Waals surface area (Å²) >= 11 is 6.36. The molecule has 7 heteroatoms. The maximum atomic E-state index is 13.0. The number of aryl methyl sites for hydroxylation is 2. The molecule has 7 rings (SSSR count). The molecule has 4 fully saturated rings. The zero-order valence-corrected chi connectivity index (χ0v) is 22.4. The van der Waals surface area contributed by atoms with Gasteiger partial charge in [0.2, 0.25) is 11.8 Å². The number of aliphatic hydroxyl groups excluding tert-OH is 1. The number of fused-ring (bicyclic) bond motifs is 7. The average molecular weight is 532 g/mol. The molecule has 2 aliphatic heterocycles. The number of aliphatic hydroxyl groups is 1. The van der Waals surface area contributed by atoms with Gasteiger partial charge >= 0.3 is 0 Å². The summed E-state index contributed by atoms with van der Waals surface area (Å²) in [6, 6.07) is 10.4. The van der Waals surface area contributed by atoms with Crippen molar-refractivity contribution < 1.29 is 14.7 Å². The van der Waals surface area contributed by atoms with Gasteiger partial charge in [0.1, 0.15) is 0 Å². The first kappa shape index (κ1) is 24.5. The molecule has 3 unspecified atom stereocenters. The Kier molecular flexibility index (Phi) is 6.18. The first-order valence-corrected chi connectivity index (χ1v) is 14.6. The Bertz CT molecular complexity index is 1300. The molecule has 1 aromatic carbocycles. The van der Waals surface area contributed by atoms with Crippen LogP contribution >= 0.6 is 11.6 Å². The molecule has 0 spiro atoms. The summed E-state index contributed by atoms with van der Waals surface area (Å²) in [5, 5.41) is 11.7. The molecule has 2 amide bonds. The topological polar surface area (TPSA) is 73.7 Å². The fraction of sp³-hybridized carbons (Fsp3) is 0.516. The van der Waals surface area contributed by atoms with Crippen LogP contribution in [0.5, 0.6) is 0 Å². The van der Waals surface area contributed by atoms with E-state index in [-0.39, 0.29) is 30.2 Å². The Balaban J connectivity index is 1.05. The number of benzene rings is 1. The lowest BCUT2D eigenvalue weighted by Crippen LogP contribution is -2.45. The van der Waals surface area contributed by atoms with E-state index in [2.05, 4.69) is 23.1 Å². The van der Waals surface area contributed by atoms with E-state index in [1.54, 1.807) is 0 Å². The number of imide groups is 1. The van der Waals surface area contributed by atoms with Crippen LogP contribution < -0.4 is 0 Å². The highest BCUT2D eigenvalue weighted by atomic mass is 35.5. The molecule has 5 aliphatic rings. The van der Waals surface area contributed by atoms with Crippen molar-refractivity contribution in [3.05, 3.63) is 69.5 Å². The minimum Gasteiger partial charge on any atom is -0.390 e. The molecule has 5 atom stereocenters. The summed E-state index contributed by atoms with van der Waals surface area (Å²) in [7, 11) is 0. The predicted molar refractivity (Wildman–Crippen MR) is 145 cm³/mol. The molecule has 3 aliphatic carbocycles. The maximum absolute atomic E-state index is 13.0. The maximum Gasteiger partial charge on any atom is 0.233 e. The van der Waals surface area contributed by atoms with Crippen LogP contribution in [0.1, 0.15) is 54.5 Å². The Morgan fingerprint density at radius 1 is 0.947 bits per heavy atom. The van der Waals surface area contributed by atoms with Crippen LogP contribution in [0.15, 0.2) is 42.1 Å². The lowest BCUT2D eigenvalue weighted by molar-refractivity contribution is -0.142. The number of amides is 2. The van der Waals surface area contributed by atoms with Crippen LogP contribution in [0.3, 0.4) is 0 Å². The van der Waals surface area contributed by atoms with Crippen molar-refractivity contribution in [2.75, 3.05) is 26.2 Å². The number of hydrogen-bond acceptors (Lipinski definition) is 5. The Labute approximate surface area is 228 Å². The number of nitrogens with zero attached hydrogens (tertiary/aromatic N) is 3. The van der Waals surface area contributed by atoms with Crippen LogP contribution in [0.2, 0.25) is 5.02 Å². The van der Waals surface area contributed by atoms with Crippen molar-refractivity contribution in [1.82, 2.24) is 14.8 Å². The number of pyridine rings is 1. The van der Waals surface area contributed by atoms with Gasteiger partial charge in [0, 0.05) is 36.4 Å². The van der Waals surface area contributed by atoms with Gasteiger partial charge in [-0.25, -0.2) is 0 Å². The van der Waals surface area contributed by atoms with E-state index < -0.39 is 6.10 Å². The van der Waals surface area contributed by atoms with Gasteiger partial charge in [-0.3, -0.25) is 19.5 Å². The molecule has 6 nitrogen and oxygen atoms in total. The van der Waals surface area contributed by atoms with E-state index in [1.165, 1.54) is 32.7 Å². The second kappa shape index (κ2) is 9.58. The Hall–Kier alpha value is -2.54. The van der Waals surface area contributed by atoms with Gasteiger partial charge in [-0.15, -0.1) is 0 Å². The van der Waals surface area contributed by atoms with Gasteiger partial charge in [0.25, 0.3) is 0 Å². The lowest BCUT2D eigenvalue weighted by Gasteiger charge is -2.32. The van der Waals surface area contributed by atoms with E-state index in [4.69, 9.17) is 16.6 Å². The third-order valence-electron chi connectivity index (χ3n) is 9.82. The summed E-state index contributed by atoms with van der Waals surface area (Å²) < 4.78 is 0. The van der Waals surface area contributed by atoms with Crippen molar-refractivity contribution in [3.8, 4) is 0 Å². The molecule has 2 saturated carbocycles. The number of halogens is 1. The zero-order valence-electron chi connectivity index (χ0n) is 21.6. The van der Waals surface area contributed by atoms with Gasteiger partial charge in [-0.2, -0.15) is 0 Å². The number of hydrogen-bond donors (Lipinski definition) is 1. The molecule has 2 aromatic rings. The van der Waals surface area contributed by atoms with Crippen LogP contribution in [0, 0.1) is 23.7 Å². The minimum atomic E-state index is -0.725. The van der Waals surface area contributed by atoms with E-state index in [0.29, 0.717) is 18.4 Å². The van der Waals surface area contributed by atoms with Crippen molar-refractivity contribution in [2.45, 2.75) is 51.0 Å². The highest BCUT2D eigenvalue weighted by molar-refractivity contribution is 6.30. The van der Waals surface area contributed by atoms with Crippen molar-refractivity contribution in [2.24, 2.45) is 23.7 Å². The summed E-state index contributed by atoms with van der Waals surface area (Å²) in [4.78, 5) is 34.6. The van der Waals surface area contributed by atoms with Gasteiger partial charge < -0.3 is 10.0 Å². The fourth-order valence-electron chi connectivity index (χ4n) is 8.11. The largest absolute Gasteiger partial charge is 0.390 e. The molecule has 1 N–H and O–H groups in total. The van der Waals surface area contributed by atoms with Crippen LogP contribution in [-0.4, -0.2) is 64.0 Å². The summed E-state index contributed by atoms with van der Waals surface area (Å²) in [6.45, 7) is 2.26. The number of carbonyl (C=O) groups is 2. The molecular weight excluding hydrogens is 498 g/mol. The van der Waals surface area contributed by atoms with Gasteiger partial charge in [0.05, 0.1) is 30.2 Å². The Morgan fingerprint density at radius 2 is 1.66 bits per heavy atom. The first-order chi connectivity index (χ1) is 18.5. The normalized spacial score (nSPS) is 29.4. The molecule has 3 heterocycles. The van der Waals surface area contributed by atoms with Gasteiger partial charge in [0.15, 0.2) is 0 Å². The molecular formula is C31H34ClN3O3. The first-order valence-electron chi connectivity index (χ1n) is 14.2. The van der Waals surface area contributed by atoms with E-state index in [1.807, 2.05) is 18.3 Å². The predicted octanol–water partition coefficient (Wildman–Crippen LogP) is 4.12. The van der Waals surface area contributed by atoms with Crippen LogP contribution in [-0.2, 0) is 22.4 Å². The monoisotopic (exact) mass is 531 g/mol. The number of piperidine rings is 1. The zero-order chi connectivity index (χ0) is 26.0. The van der Waals surface area contributed by atoms with E-state index in [0.717, 1.165) is 68.8 Å². The molecule has 2 bridgehead atoms. The van der Waals surface area contributed by atoms with Gasteiger partial charge in [-0.1, -0.05) is 29.3 Å². The fourth-order valence-corrected chi connectivity index (χ4v) is 8.30. The third-order valence-corrected chi connectivity index (χ3v) is 10.1. The molecule has 0 radical (unpaired) electrons. The average Bonchev–Trinajstić information content (AvgIpc) is 3.57. The number of β-amino-alcohol motifs (C(OH)–C–C–N with tert-alkyl or cyclic N) is 1. The summed E-state index contributed by atoms with van der Waals surface area (Å²) in [5.74, 6) is 0.451. The number of rotatable bonds is 4. The second-order valence-electron chi connectivity index (χ2n) is 11.9. The lowest BCUT2D eigenvalue weighted by atomic mass is 9.81. The highest BCUT2D eigenvalue weighted by Gasteiger charge is 2.60. The standard InChI is InChI=1S/C31H34ClN3O3/c32-23-7-8-25-20(15-23)4-3-19-2-1-11-33-29(19)26(25)18-9-12-34(13-10-18)16-24(36)17-35-30(37)27-21-5-6-22(14-21)28(27)31(35)38/h1-2,7-8,11,15,21-22,24,27-28,36H,3-6,9-10,12-14,16-17H2/t21-,22+,24?,27?,28?. The highest BCUT2D eigenvalue weighted by Crippen LogP contribution is 2.56. The van der Waals surface area contributed by atoms with E-state index in [9.17, 15) is 14.7 Å². The van der Waals surface area contributed by atoms with Crippen molar-refractivity contribution in [3.63, 3.8) is 0 Å². The van der Waals surface area contributed by atoms with Gasteiger partial charge in [-0.05, 0) is 91.7 Å². The number of likely N-dealkylation sites (tertiary alicyclic amines) is 2. The molecule has 2 saturated heterocycles. The molecule has 1 aromatic heterocycles. The SMILES string of the molecule is O=C1C2C(C(=O)N1CC(O)CN1CCC(=C3c4ccc(Cl)cc4CCc4cccnc43)CC1)[C@H]1CC[C@@H]2C1. The molecule has 198 valence electrons. The van der Waals surface area contributed by atoms with E-state index >= 15 is 0 Å². The third kappa shape index (κ3) is 4.04. The quantitative estimate of drug-likeness (QED) is 0.601. The minimum absolute atomic E-state index is 0.0322. The summed E-state index contributed by atoms with van der Waals surface area (Å²) in [5.41, 5.74) is 7.52. The van der Waals surface area contributed by atoms with Crippen LogP contribution in [0.4, 0.5) is 0 Å². The smallest absolute Gasteiger partial charge is 0.233 e.